The molecule has 0 N–H and O–H groups in total. The summed E-state index contributed by atoms with van der Waals surface area (Å²) in [5, 5.41) is -0.320. The largest absolute Gasteiger partial charge is 0.490 e. The van der Waals surface area contributed by atoms with Crippen LogP contribution in [0.2, 0.25) is 5.02 Å². The highest BCUT2D eigenvalue weighted by Gasteiger charge is 2.36. The minimum absolute atomic E-state index is 0.103. The van der Waals surface area contributed by atoms with Gasteiger partial charge < -0.3 is 9.47 Å². The molecule has 1 heterocycles. The van der Waals surface area contributed by atoms with E-state index in [1.165, 1.54) is 18.2 Å². The molecule has 5 nitrogen and oxygen atoms in total. The molecule has 2 amide bonds. The maximum Gasteiger partial charge on any atom is 0.293 e. The van der Waals surface area contributed by atoms with E-state index in [4.69, 9.17) is 21.1 Å². The lowest BCUT2D eigenvalue weighted by atomic mass is 10.1. The maximum atomic E-state index is 14.2. The number of carbonyl (C=O) groups excluding carboxylic acids is 2. The second kappa shape index (κ2) is 11.0. The van der Waals surface area contributed by atoms with Gasteiger partial charge in [-0.2, -0.15) is 0 Å². The van der Waals surface area contributed by atoms with Crippen LogP contribution < -0.4 is 9.47 Å². The number of nitrogens with zero attached hydrogens (tertiary/aromatic N) is 1. The van der Waals surface area contributed by atoms with Gasteiger partial charge in [0.2, 0.25) is 0 Å². The lowest BCUT2D eigenvalue weighted by Gasteiger charge is -2.14. The van der Waals surface area contributed by atoms with Crippen molar-refractivity contribution in [3.63, 3.8) is 0 Å². The van der Waals surface area contributed by atoms with Gasteiger partial charge in [0.05, 0.1) is 18.1 Å². The minimum Gasteiger partial charge on any atom is -0.490 e. The first-order valence-corrected chi connectivity index (χ1v) is 12.2. The van der Waals surface area contributed by atoms with Crippen LogP contribution in [0.15, 0.2) is 65.6 Å². The van der Waals surface area contributed by atoms with E-state index in [-0.39, 0.29) is 22.0 Å². The fraction of sp³-hybridized carbons (Fsp3) is 0.185. The maximum absolute atomic E-state index is 14.2. The zero-order chi connectivity index (χ0) is 24.9. The van der Waals surface area contributed by atoms with Crippen LogP contribution in [0.3, 0.4) is 0 Å². The Bertz CT molecular complexity index is 1290. The number of rotatable bonds is 8. The third kappa shape index (κ3) is 5.86. The third-order valence-electron chi connectivity index (χ3n) is 5.29. The van der Waals surface area contributed by atoms with Crippen LogP contribution in [-0.4, -0.2) is 22.7 Å². The van der Waals surface area contributed by atoms with Gasteiger partial charge in [-0.15, -0.1) is 0 Å². The molecule has 1 saturated heterocycles. The molecule has 0 saturated carbocycles. The summed E-state index contributed by atoms with van der Waals surface area (Å²) in [7, 11) is 0. The number of hydrogen-bond acceptors (Lipinski definition) is 5. The third-order valence-corrected chi connectivity index (χ3v) is 6.56. The van der Waals surface area contributed by atoms with Crippen LogP contribution in [-0.2, 0) is 17.9 Å². The molecule has 0 aliphatic carbocycles. The molecule has 4 rings (SSSR count). The summed E-state index contributed by atoms with van der Waals surface area (Å²) in [6.45, 7) is 4.49. The SMILES string of the molecule is CCOc1cc(/C=C2\SC(=O)N(Cc3c(F)cccc3Cl)C2=O)ccc1OCc1cccc(C)c1. The van der Waals surface area contributed by atoms with E-state index in [9.17, 15) is 14.0 Å². The van der Waals surface area contributed by atoms with Gasteiger partial charge in [-0.05, 0) is 67.1 Å². The molecule has 0 unspecified atom stereocenters. The second-order valence-corrected chi connectivity index (χ2v) is 9.29. The van der Waals surface area contributed by atoms with Crippen molar-refractivity contribution >= 4 is 40.6 Å². The van der Waals surface area contributed by atoms with Gasteiger partial charge >= 0.3 is 0 Å². The first-order chi connectivity index (χ1) is 16.9. The summed E-state index contributed by atoms with van der Waals surface area (Å²) < 4.78 is 25.9. The Balaban J connectivity index is 1.53. The summed E-state index contributed by atoms with van der Waals surface area (Å²) in [6.07, 6.45) is 1.61. The number of carbonyl (C=O) groups is 2. The van der Waals surface area contributed by atoms with Gasteiger partial charge in [-0.25, -0.2) is 4.39 Å². The molecule has 35 heavy (non-hydrogen) atoms. The number of thioether (sulfide) groups is 1. The van der Waals surface area contributed by atoms with Crippen LogP contribution >= 0.6 is 23.4 Å². The van der Waals surface area contributed by atoms with E-state index in [0.717, 1.165) is 27.8 Å². The highest BCUT2D eigenvalue weighted by Crippen LogP contribution is 2.36. The Morgan fingerprint density at radius 2 is 1.83 bits per heavy atom. The van der Waals surface area contributed by atoms with E-state index >= 15 is 0 Å². The highest BCUT2D eigenvalue weighted by atomic mass is 35.5. The zero-order valence-electron chi connectivity index (χ0n) is 19.2. The number of aryl methyl sites for hydroxylation is 1. The van der Waals surface area contributed by atoms with Crippen molar-refractivity contribution in [2.75, 3.05) is 6.61 Å². The number of halogens is 2. The molecule has 180 valence electrons. The van der Waals surface area contributed by atoms with Crippen molar-refractivity contribution < 1.29 is 23.5 Å². The summed E-state index contributed by atoms with van der Waals surface area (Å²) in [4.78, 5) is 26.6. The normalized spacial score (nSPS) is 14.6. The van der Waals surface area contributed by atoms with Crippen molar-refractivity contribution in [1.29, 1.82) is 0 Å². The predicted octanol–water partition coefficient (Wildman–Crippen LogP) is 7.00. The summed E-state index contributed by atoms with van der Waals surface area (Å²) in [5.41, 5.74) is 2.97. The molecule has 0 bridgehead atoms. The highest BCUT2D eigenvalue weighted by molar-refractivity contribution is 8.18. The van der Waals surface area contributed by atoms with Gasteiger partial charge in [0.15, 0.2) is 11.5 Å². The first kappa shape index (κ1) is 24.8. The topological polar surface area (TPSA) is 55.8 Å². The number of hydrogen-bond donors (Lipinski definition) is 0. The molecule has 3 aromatic carbocycles. The molecule has 8 heteroatoms. The summed E-state index contributed by atoms with van der Waals surface area (Å²) >= 11 is 6.87. The van der Waals surface area contributed by atoms with Crippen molar-refractivity contribution in [3.05, 3.63) is 98.7 Å². The molecule has 0 radical (unpaired) electrons. The standard InChI is InChI=1S/C27H23ClFNO4S/c1-3-33-24-13-18(10-11-23(24)34-16-19-7-4-6-17(2)12-19)14-25-26(31)30(27(32)35-25)15-20-21(28)8-5-9-22(20)29/h4-14H,3,15-16H2,1-2H3/b25-14-. The fourth-order valence-electron chi connectivity index (χ4n) is 3.59. The van der Waals surface area contributed by atoms with Gasteiger partial charge in [0, 0.05) is 10.6 Å². The predicted molar refractivity (Wildman–Crippen MR) is 136 cm³/mol. The molecule has 1 aliphatic heterocycles. The fourth-order valence-corrected chi connectivity index (χ4v) is 4.66. The Morgan fingerprint density at radius 1 is 1.03 bits per heavy atom. The molecule has 3 aromatic rings. The average molecular weight is 512 g/mol. The molecule has 1 fully saturated rings. The molecule has 1 aliphatic rings. The Hall–Kier alpha value is -3.29. The molecular weight excluding hydrogens is 489 g/mol. The zero-order valence-corrected chi connectivity index (χ0v) is 20.8. The van der Waals surface area contributed by atoms with Crippen molar-refractivity contribution in [2.45, 2.75) is 27.0 Å². The lowest BCUT2D eigenvalue weighted by Crippen LogP contribution is -2.28. The Labute approximate surface area is 212 Å². The van der Waals surface area contributed by atoms with Crippen LogP contribution in [0, 0.1) is 12.7 Å². The van der Waals surface area contributed by atoms with Crippen LogP contribution in [0.4, 0.5) is 9.18 Å². The van der Waals surface area contributed by atoms with Crippen LogP contribution in [0.25, 0.3) is 6.08 Å². The average Bonchev–Trinajstić information content (AvgIpc) is 3.08. The van der Waals surface area contributed by atoms with Crippen LogP contribution in [0.1, 0.15) is 29.2 Å². The van der Waals surface area contributed by atoms with E-state index in [0.29, 0.717) is 30.3 Å². The Kier molecular flexibility index (Phi) is 7.78. The smallest absolute Gasteiger partial charge is 0.293 e. The van der Waals surface area contributed by atoms with E-state index in [1.54, 1.807) is 24.3 Å². The molecule has 0 atom stereocenters. The van der Waals surface area contributed by atoms with E-state index in [2.05, 4.69) is 6.07 Å². The molecule has 0 spiro atoms. The van der Waals surface area contributed by atoms with Gasteiger partial charge in [0.25, 0.3) is 11.1 Å². The van der Waals surface area contributed by atoms with E-state index in [1.807, 2.05) is 32.0 Å². The molecular formula is C27H23ClFNO4S. The van der Waals surface area contributed by atoms with Gasteiger partial charge in [-0.3, -0.25) is 14.5 Å². The summed E-state index contributed by atoms with van der Waals surface area (Å²) in [5.74, 6) is 0.0410. The van der Waals surface area contributed by atoms with Gasteiger partial charge in [0.1, 0.15) is 12.4 Å². The Morgan fingerprint density at radius 3 is 2.57 bits per heavy atom. The second-order valence-electron chi connectivity index (χ2n) is 7.88. The lowest BCUT2D eigenvalue weighted by molar-refractivity contribution is -0.123. The first-order valence-electron chi connectivity index (χ1n) is 11.0. The number of benzene rings is 3. The monoisotopic (exact) mass is 511 g/mol. The van der Waals surface area contributed by atoms with Crippen LogP contribution in [0.5, 0.6) is 11.5 Å². The molecule has 0 aromatic heterocycles. The summed E-state index contributed by atoms with van der Waals surface area (Å²) in [6, 6.07) is 17.6. The van der Waals surface area contributed by atoms with Crippen molar-refractivity contribution in [3.8, 4) is 11.5 Å². The number of amides is 2. The van der Waals surface area contributed by atoms with Gasteiger partial charge in [-0.1, -0.05) is 53.6 Å². The number of imide groups is 1. The minimum atomic E-state index is -0.567. The van der Waals surface area contributed by atoms with E-state index < -0.39 is 17.0 Å². The quantitative estimate of drug-likeness (QED) is 0.305. The number of ether oxygens (including phenoxy) is 2. The van der Waals surface area contributed by atoms with Crippen molar-refractivity contribution in [1.82, 2.24) is 4.90 Å². The van der Waals surface area contributed by atoms with Crippen molar-refractivity contribution in [2.24, 2.45) is 0 Å².